The third kappa shape index (κ3) is 2.32. The molecule has 3 heterocycles. The molecule has 1 aliphatic heterocycles. The zero-order valence-corrected chi connectivity index (χ0v) is 12.5. The fourth-order valence-electron chi connectivity index (χ4n) is 3.19. The maximum absolute atomic E-state index is 12.9. The van der Waals surface area contributed by atoms with Crippen LogP contribution >= 0.6 is 0 Å². The second-order valence-corrected chi connectivity index (χ2v) is 5.75. The van der Waals surface area contributed by atoms with Gasteiger partial charge in [0.2, 0.25) is 0 Å². The highest BCUT2D eigenvalue weighted by molar-refractivity contribution is 5.98. The SMILES string of the molecule is O=C1c2cn3nc[nH]c(=O)c3c2CCCN1Cc1ccccc1. The van der Waals surface area contributed by atoms with Crippen LogP contribution in [0.5, 0.6) is 0 Å². The fourth-order valence-corrected chi connectivity index (χ4v) is 3.19. The zero-order valence-electron chi connectivity index (χ0n) is 12.5. The second-order valence-electron chi connectivity index (χ2n) is 5.75. The standard InChI is InChI=1S/C17H16N4O2/c22-16-15-13-7-4-8-20(9-12-5-2-1-3-6-12)17(23)14(13)10-21(15)19-11-18-16/h1-3,5-6,10-11H,4,7-9H2,(H,18,19,22). The summed E-state index contributed by atoms with van der Waals surface area (Å²) in [5.41, 5.74) is 2.77. The summed E-state index contributed by atoms with van der Waals surface area (Å²) in [6.07, 6.45) is 4.56. The second kappa shape index (κ2) is 5.39. The minimum absolute atomic E-state index is 0.0359. The van der Waals surface area contributed by atoms with E-state index in [0.717, 1.165) is 17.5 Å². The van der Waals surface area contributed by atoms with Gasteiger partial charge in [-0.1, -0.05) is 30.3 Å². The molecule has 0 atom stereocenters. The van der Waals surface area contributed by atoms with Crippen molar-refractivity contribution in [2.24, 2.45) is 0 Å². The first kappa shape index (κ1) is 13.8. The van der Waals surface area contributed by atoms with Crippen LogP contribution in [-0.2, 0) is 13.0 Å². The van der Waals surface area contributed by atoms with Crippen LogP contribution in [0.2, 0.25) is 0 Å². The van der Waals surface area contributed by atoms with Crippen molar-refractivity contribution in [3.05, 3.63) is 69.9 Å². The summed E-state index contributed by atoms with van der Waals surface area (Å²) in [7, 11) is 0. The van der Waals surface area contributed by atoms with Crippen molar-refractivity contribution in [1.82, 2.24) is 19.5 Å². The van der Waals surface area contributed by atoms with Gasteiger partial charge in [0.1, 0.15) is 11.8 Å². The predicted molar refractivity (Wildman–Crippen MR) is 85.3 cm³/mol. The van der Waals surface area contributed by atoms with Crippen LogP contribution in [-0.4, -0.2) is 31.9 Å². The maximum Gasteiger partial charge on any atom is 0.275 e. The number of aryl methyl sites for hydroxylation is 1. The molecule has 4 rings (SSSR count). The average molecular weight is 308 g/mol. The third-order valence-electron chi connectivity index (χ3n) is 4.27. The quantitative estimate of drug-likeness (QED) is 0.782. The summed E-state index contributed by atoms with van der Waals surface area (Å²) in [5, 5.41) is 4.11. The summed E-state index contributed by atoms with van der Waals surface area (Å²) >= 11 is 0. The van der Waals surface area contributed by atoms with E-state index in [1.54, 1.807) is 6.20 Å². The number of hydrogen-bond acceptors (Lipinski definition) is 3. The molecule has 0 saturated heterocycles. The van der Waals surface area contributed by atoms with Crippen molar-refractivity contribution in [3.8, 4) is 0 Å². The molecule has 0 unspecified atom stereocenters. The predicted octanol–water partition coefficient (Wildman–Crippen LogP) is 1.61. The number of carbonyl (C=O) groups is 1. The molecule has 23 heavy (non-hydrogen) atoms. The number of H-pyrrole nitrogens is 1. The smallest absolute Gasteiger partial charge is 0.275 e. The number of aromatic amines is 1. The molecule has 0 spiro atoms. The zero-order chi connectivity index (χ0) is 15.8. The molecule has 0 saturated carbocycles. The molecule has 0 fully saturated rings. The first-order chi connectivity index (χ1) is 11.2. The fraction of sp³-hybridized carbons (Fsp3) is 0.235. The van der Waals surface area contributed by atoms with Gasteiger partial charge in [0.05, 0.1) is 5.56 Å². The van der Waals surface area contributed by atoms with Crippen LogP contribution < -0.4 is 5.56 Å². The van der Waals surface area contributed by atoms with Crippen molar-refractivity contribution in [2.75, 3.05) is 6.54 Å². The van der Waals surface area contributed by atoms with E-state index >= 15 is 0 Å². The van der Waals surface area contributed by atoms with E-state index in [1.807, 2.05) is 35.2 Å². The largest absolute Gasteiger partial charge is 0.334 e. The molecule has 2 aromatic heterocycles. The number of nitrogens with one attached hydrogen (secondary N) is 1. The minimum atomic E-state index is -0.203. The van der Waals surface area contributed by atoms with Gasteiger partial charge >= 0.3 is 0 Å². The third-order valence-corrected chi connectivity index (χ3v) is 4.27. The lowest BCUT2D eigenvalue weighted by molar-refractivity contribution is 0.0748. The molecule has 0 bridgehead atoms. The summed E-state index contributed by atoms with van der Waals surface area (Å²) < 4.78 is 1.51. The van der Waals surface area contributed by atoms with Gasteiger partial charge in [0.25, 0.3) is 11.5 Å². The van der Waals surface area contributed by atoms with Crippen LogP contribution in [0.4, 0.5) is 0 Å². The Hall–Kier alpha value is -2.89. The molecular formula is C17H16N4O2. The van der Waals surface area contributed by atoms with E-state index in [-0.39, 0.29) is 11.5 Å². The van der Waals surface area contributed by atoms with Crippen molar-refractivity contribution in [1.29, 1.82) is 0 Å². The van der Waals surface area contributed by atoms with Crippen LogP contribution in [0, 0.1) is 0 Å². The number of nitrogens with zero attached hydrogens (tertiary/aromatic N) is 3. The number of fused-ring (bicyclic) bond motifs is 3. The van der Waals surface area contributed by atoms with Crippen molar-refractivity contribution in [3.63, 3.8) is 0 Å². The van der Waals surface area contributed by atoms with E-state index in [0.29, 0.717) is 30.6 Å². The highest BCUT2D eigenvalue weighted by atomic mass is 16.2. The van der Waals surface area contributed by atoms with Crippen LogP contribution in [0.3, 0.4) is 0 Å². The number of carbonyl (C=O) groups excluding carboxylic acids is 1. The number of benzene rings is 1. The number of rotatable bonds is 2. The van der Waals surface area contributed by atoms with E-state index in [1.165, 1.54) is 10.8 Å². The molecule has 6 nitrogen and oxygen atoms in total. The first-order valence-corrected chi connectivity index (χ1v) is 7.65. The number of amides is 1. The van der Waals surface area contributed by atoms with Gasteiger partial charge in [0.15, 0.2) is 0 Å². The summed E-state index contributed by atoms with van der Waals surface area (Å²) in [6, 6.07) is 9.94. The molecule has 1 aliphatic rings. The molecule has 3 aromatic rings. The van der Waals surface area contributed by atoms with Crippen LogP contribution in [0.1, 0.15) is 27.9 Å². The maximum atomic E-state index is 12.9. The molecule has 0 aliphatic carbocycles. The van der Waals surface area contributed by atoms with Gasteiger partial charge in [-0.2, -0.15) is 5.10 Å². The van der Waals surface area contributed by atoms with Gasteiger partial charge in [-0.25, -0.2) is 4.52 Å². The molecule has 116 valence electrons. The molecule has 1 amide bonds. The molecular weight excluding hydrogens is 292 g/mol. The highest BCUT2D eigenvalue weighted by Gasteiger charge is 2.26. The Kier molecular flexibility index (Phi) is 3.22. The Bertz CT molecular complexity index is 927. The van der Waals surface area contributed by atoms with E-state index in [2.05, 4.69) is 10.1 Å². The van der Waals surface area contributed by atoms with Crippen molar-refractivity contribution < 1.29 is 4.79 Å². The number of aromatic nitrogens is 3. The molecule has 0 radical (unpaired) electrons. The van der Waals surface area contributed by atoms with Crippen molar-refractivity contribution >= 4 is 11.4 Å². The van der Waals surface area contributed by atoms with E-state index in [4.69, 9.17) is 0 Å². The summed E-state index contributed by atoms with van der Waals surface area (Å²) in [5.74, 6) is -0.0359. The minimum Gasteiger partial charge on any atom is -0.334 e. The normalized spacial score (nSPS) is 14.8. The highest BCUT2D eigenvalue weighted by Crippen LogP contribution is 2.23. The first-order valence-electron chi connectivity index (χ1n) is 7.65. The Morgan fingerprint density at radius 1 is 1.17 bits per heavy atom. The lowest BCUT2D eigenvalue weighted by atomic mass is 10.1. The lowest BCUT2D eigenvalue weighted by Gasteiger charge is -2.20. The average Bonchev–Trinajstić information content (AvgIpc) is 2.87. The Morgan fingerprint density at radius 2 is 2.00 bits per heavy atom. The molecule has 1 aromatic carbocycles. The van der Waals surface area contributed by atoms with Gasteiger partial charge in [-0.3, -0.25) is 9.59 Å². The Morgan fingerprint density at radius 3 is 2.83 bits per heavy atom. The molecule has 6 heteroatoms. The summed E-state index contributed by atoms with van der Waals surface area (Å²) in [4.78, 5) is 29.4. The van der Waals surface area contributed by atoms with E-state index < -0.39 is 0 Å². The Labute approximate surface area is 132 Å². The van der Waals surface area contributed by atoms with Crippen molar-refractivity contribution in [2.45, 2.75) is 19.4 Å². The van der Waals surface area contributed by atoms with Gasteiger partial charge in [0, 0.05) is 19.3 Å². The van der Waals surface area contributed by atoms with E-state index in [9.17, 15) is 9.59 Å². The van der Waals surface area contributed by atoms with Gasteiger partial charge in [-0.05, 0) is 24.0 Å². The van der Waals surface area contributed by atoms with Gasteiger partial charge in [-0.15, -0.1) is 0 Å². The van der Waals surface area contributed by atoms with Crippen LogP contribution in [0.25, 0.3) is 5.52 Å². The topological polar surface area (TPSA) is 70.5 Å². The summed E-state index contributed by atoms with van der Waals surface area (Å²) in [6.45, 7) is 1.27. The monoisotopic (exact) mass is 308 g/mol. The lowest BCUT2D eigenvalue weighted by Crippen LogP contribution is -2.30. The van der Waals surface area contributed by atoms with Gasteiger partial charge < -0.3 is 9.88 Å². The molecule has 1 N–H and O–H groups in total. The number of hydrogen-bond donors (Lipinski definition) is 1. The van der Waals surface area contributed by atoms with Crippen LogP contribution in [0.15, 0.2) is 47.7 Å². The Balaban J connectivity index is 1.76.